The Bertz CT molecular complexity index is 717. The van der Waals surface area contributed by atoms with Crippen molar-refractivity contribution in [1.82, 2.24) is 0 Å². The van der Waals surface area contributed by atoms with Crippen LogP contribution in [0.15, 0.2) is 0 Å². The van der Waals surface area contributed by atoms with E-state index >= 15 is 0 Å². The van der Waals surface area contributed by atoms with Crippen molar-refractivity contribution in [2.24, 2.45) is 0 Å². The fourth-order valence-corrected chi connectivity index (χ4v) is 6.04. The Balaban J connectivity index is 0. The molecule has 146 valence electrons. The Morgan fingerprint density at radius 2 is 1.31 bits per heavy atom. The molecule has 3 N–H and O–H groups in total. The Morgan fingerprint density at radius 3 is 1.62 bits per heavy atom. The molecule has 1 unspecified atom stereocenters. The number of nitrogens with one attached hydrogen (secondary N) is 1. The van der Waals surface area contributed by atoms with Crippen molar-refractivity contribution in [3.8, 4) is 0 Å². The van der Waals surface area contributed by atoms with E-state index in [1.807, 2.05) is 0 Å². The summed E-state index contributed by atoms with van der Waals surface area (Å²) in [5.41, 5.74) is -0.385. The first kappa shape index (κ1) is 28.1. The fraction of sp³-hybridized carbons (Fsp3) is 0.231. The van der Waals surface area contributed by atoms with E-state index in [1.165, 1.54) is 6.92 Å². The van der Waals surface area contributed by atoms with Crippen molar-refractivity contribution in [3.63, 3.8) is 0 Å². The van der Waals surface area contributed by atoms with Crippen LogP contribution in [0, 0.1) is 10.7 Å². The number of hydrogen-bond donors (Lipinski definition) is 3. The molecule has 13 heteroatoms. The Labute approximate surface area is 201 Å². The summed E-state index contributed by atoms with van der Waals surface area (Å²) < 4.78 is 5.18. The number of hydrogen-bond acceptors (Lipinski definition) is 5. The van der Waals surface area contributed by atoms with Gasteiger partial charge in [0.05, 0.1) is 24.0 Å². The number of amides is 1. The molecule has 1 aromatic rings. The van der Waals surface area contributed by atoms with Crippen LogP contribution in [0.5, 0.6) is 0 Å². The number of aromatic carboxylic acids is 2. The predicted molar refractivity (Wildman–Crippen MR) is 123 cm³/mol. The molecule has 1 rings (SSSR count). The first-order valence-corrected chi connectivity index (χ1v) is 9.37. The highest BCUT2D eigenvalue weighted by atomic mass is 127. The van der Waals surface area contributed by atoms with Gasteiger partial charge in [-0.05, 0) is 74.7 Å². The van der Waals surface area contributed by atoms with Gasteiger partial charge in [0.15, 0.2) is 6.10 Å². The summed E-state index contributed by atoms with van der Waals surface area (Å²) in [4.78, 5) is 45.9. The summed E-state index contributed by atoms with van der Waals surface area (Å²) >= 11 is 5.10. The van der Waals surface area contributed by atoms with Crippen LogP contribution < -0.4 is 5.32 Å². The molecule has 0 radical (unpaired) electrons. The maximum absolute atomic E-state index is 12.1. The van der Waals surface area contributed by atoms with Crippen molar-refractivity contribution < 1.29 is 34.1 Å². The van der Waals surface area contributed by atoms with E-state index in [1.54, 1.807) is 67.8 Å². The molecule has 0 aromatic heterocycles. The van der Waals surface area contributed by atoms with Gasteiger partial charge in [-0.1, -0.05) is 0 Å². The summed E-state index contributed by atoms with van der Waals surface area (Å²) in [6.07, 6.45) is -1.12. The number of carbonyl (C=O) groups is 4. The second-order valence-corrected chi connectivity index (χ2v) is 7.65. The molecule has 0 heterocycles. The minimum Gasteiger partial charge on any atom is -0.478 e. The maximum atomic E-state index is 12.1. The van der Waals surface area contributed by atoms with Gasteiger partial charge in [-0.2, -0.15) is 0 Å². The van der Waals surface area contributed by atoms with Crippen molar-refractivity contribution in [1.29, 1.82) is 0 Å². The van der Waals surface area contributed by atoms with E-state index in [0.717, 1.165) is 6.92 Å². The highest BCUT2D eigenvalue weighted by molar-refractivity contribution is 14.1. The molecule has 8 nitrogen and oxygen atoms in total. The number of carboxylic acid groups (broad SMARTS) is 2. The lowest BCUT2D eigenvalue weighted by atomic mass is 10.1. The quantitative estimate of drug-likeness (QED) is 0.310. The van der Waals surface area contributed by atoms with E-state index in [0.29, 0.717) is 0 Å². The Hall–Kier alpha value is -0.130. The molecule has 0 fully saturated rings. The molecule has 26 heavy (non-hydrogen) atoms. The van der Waals surface area contributed by atoms with Crippen LogP contribution in [-0.4, -0.2) is 40.1 Å². The molecule has 0 spiro atoms. The highest BCUT2D eigenvalue weighted by Crippen LogP contribution is 2.35. The lowest BCUT2D eigenvalue weighted by Gasteiger charge is -2.18. The highest BCUT2D eigenvalue weighted by Gasteiger charge is 2.29. The van der Waals surface area contributed by atoms with Crippen LogP contribution in [0.4, 0.5) is 5.69 Å². The van der Waals surface area contributed by atoms with Gasteiger partial charge in [-0.25, -0.2) is 9.59 Å². The monoisotopic (exact) mass is 745 g/mol. The van der Waals surface area contributed by atoms with E-state index in [4.69, 9.17) is 4.74 Å². The van der Waals surface area contributed by atoms with Crippen LogP contribution in [0.25, 0.3) is 0 Å². The number of esters is 1. The number of carboxylic acids is 2. The van der Waals surface area contributed by atoms with Crippen molar-refractivity contribution in [2.45, 2.75) is 20.0 Å². The second-order valence-electron chi connectivity index (χ2n) is 4.42. The first-order chi connectivity index (χ1) is 11.0. The number of halogens is 5. The van der Waals surface area contributed by atoms with Gasteiger partial charge >= 0.3 is 17.9 Å². The third-order valence-corrected chi connectivity index (χ3v) is 5.94. The maximum Gasteiger partial charge on any atom is 0.337 e. The van der Waals surface area contributed by atoms with E-state index in [2.05, 4.69) is 5.32 Å². The lowest BCUT2D eigenvalue weighted by Crippen LogP contribution is -2.30. The average Bonchev–Trinajstić information content (AvgIpc) is 2.41. The van der Waals surface area contributed by atoms with Gasteiger partial charge < -0.3 is 20.3 Å². The SMILES string of the molecule is CC(=O)OC(C)C(=O)Nc1c(I)c(C(=O)O)c(I)c(C(=O)O)c1I.Cl.Cl. The average molecular weight is 746 g/mol. The Kier molecular flexibility index (Phi) is 12.6. The summed E-state index contributed by atoms with van der Waals surface area (Å²) in [6.45, 7) is 2.49. The van der Waals surface area contributed by atoms with Crippen molar-refractivity contribution in [2.75, 3.05) is 5.32 Å². The van der Waals surface area contributed by atoms with Crippen molar-refractivity contribution >= 4 is 122 Å². The molecule has 0 bridgehead atoms. The second kappa shape index (κ2) is 11.7. The summed E-state index contributed by atoms with van der Waals surface area (Å²) in [5.74, 6) is -3.98. The van der Waals surface area contributed by atoms with Crippen molar-refractivity contribution in [3.05, 3.63) is 21.8 Å². The van der Waals surface area contributed by atoms with Gasteiger partial charge in [0.1, 0.15) is 0 Å². The molecule has 0 saturated carbocycles. The molecule has 1 aromatic carbocycles. The van der Waals surface area contributed by atoms with Gasteiger partial charge in [-0.3, -0.25) is 9.59 Å². The van der Waals surface area contributed by atoms with E-state index in [9.17, 15) is 29.4 Å². The molecule has 0 saturated heterocycles. The van der Waals surface area contributed by atoms with Crippen LogP contribution in [-0.2, 0) is 14.3 Å². The third-order valence-electron chi connectivity index (χ3n) is 2.70. The summed E-state index contributed by atoms with van der Waals surface area (Å²) in [5, 5.41) is 21.1. The minimum absolute atomic E-state index is 0. The standard InChI is InChI=1S/C13H10I3NO7.2ClH/c1-3(24-4(2)18)11(19)17-10-8(15)5(12(20)21)7(14)6(9(10)16)13(22)23;;/h3H,1-2H3,(H,17,19)(H,20,21)(H,22,23);2*1H. The smallest absolute Gasteiger partial charge is 0.337 e. The topological polar surface area (TPSA) is 130 Å². The van der Waals surface area contributed by atoms with Crippen LogP contribution in [0.1, 0.15) is 34.6 Å². The molecule has 0 aliphatic rings. The molecule has 1 atom stereocenters. The van der Waals surface area contributed by atoms with E-state index < -0.39 is 29.9 Å². The molecular weight excluding hydrogens is 734 g/mol. The molecule has 0 aliphatic carbocycles. The van der Waals surface area contributed by atoms with Crippen LogP contribution >= 0.6 is 92.6 Å². The number of ether oxygens (including phenoxy) is 1. The van der Waals surface area contributed by atoms with Crippen LogP contribution in [0.2, 0.25) is 0 Å². The Morgan fingerprint density at radius 1 is 0.923 bits per heavy atom. The number of carbonyl (C=O) groups excluding carboxylic acids is 2. The first-order valence-electron chi connectivity index (χ1n) is 6.14. The minimum atomic E-state index is -1.31. The van der Waals surface area contributed by atoms with Crippen LogP contribution in [0.3, 0.4) is 0 Å². The fourth-order valence-electron chi connectivity index (χ4n) is 1.68. The van der Waals surface area contributed by atoms with E-state index in [-0.39, 0.29) is 52.3 Å². The molecule has 0 aliphatic heterocycles. The zero-order valence-electron chi connectivity index (χ0n) is 13.0. The van der Waals surface area contributed by atoms with Gasteiger partial charge in [-0.15, -0.1) is 24.8 Å². The van der Waals surface area contributed by atoms with Gasteiger partial charge in [0.2, 0.25) is 0 Å². The lowest BCUT2D eigenvalue weighted by molar-refractivity contribution is -0.150. The third kappa shape index (κ3) is 6.49. The molecular formula is C13H12Cl2I3NO7. The van der Waals surface area contributed by atoms with Gasteiger partial charge in [0, 0.05) is 10.5 Å². The molecule has 1 amide bonds. The number of rotatable bonds is 5. The number of anilines is 1. The zero-order chi connectivity index (χ0) is 18.8. The zero-order valence-corrected chi connectivity index (χ0v) is 21.1. The summed E-state index contributed by atoms with van der Waals surface area (Å²) in [6, 6.07) is 0. The van der Waals surface area contributed by atoms with Gasteiger partial charge in [0.25, 0.3) is 5.91 Å². The number of benzene rings is 1. The largest absolute Gasteiger partial charge is 0.478 e. The normalized spacial score (nSPS) is 10.7. The summed E-state index contributed by atoms with van der Waals surface area (Å²) in [7, 11) is 0. The predicted octanol–water partition coefficient (Wildman–Crippen LogP) is 3.63.